The lowest BCUT2D eigenvalue weighted by molar-refractivity contribution is 0.376. The predicted octanol–water partition coefficient (Wildman–Crippen LogP) is 1.70. The fourth-order valence-corrected chi connectivity index (χ4v) is 1.34. The first-order valence-corrected chi connectivity index (χ1v) is 4.67. The molecule has 1 aromatic rings. The van der Waals surface area contributed by atoms with E-state index in [9.17, 15) is 4.39 Å². The topological polar surface area (TPSA) is 29.3 Å². The molecule has 14 heavy (non-hydrogen) atoms. The number of aryl methyl sites for hydroxylation is 1. The molecule has 1 aromatic carbocycles. The molecule has 0 aromatic heterocycles. The van der Waals surface area contributed by atoms with Gasteiger partial charge in [0.2, 0.25) is 0 Å². The van der Waals surface area contributed by atoms with Crippen LogP contribution in [0.3, 0.4) is 0 Å². The highest BCUT2D eigenvalue weighted by molar-refractivity contribution is 5.25. The zero-order chi connectivity index (χ0) is 10.7. The first kappa shape index (κ1) is 11.1. The third-order valence-electron chi connectivity index (χ3n) is 2.19. The Balaban J connectivity index is 2.80. The van der Waals surface area contributed by atoms with Gasteiger partial charge in [-0.05, 0) is 38.2 Å². The summed E-state index contributed by atoms with van der Waals surface area (Å²) in [4.78, 5) is 1.99. The van der Waals surface area contributed by atoms with E-state index in [1.54, 1.807) is 13.0 Å². The molecule has 1 unspecified atom stereocenters. The van der Waals surface area contributed by atoms with Crippen LogP contribution in [0.1, 0.15) is 17.2 Å². The van der Waals surface area contributed by atoms with Crippen LogP contribution in [0.25, 0.3) is 0 Å². The van der Waals surface area contributed by atoms with Gasteiger partial charge in [0, 0.05) is 12.6 Å². The van der Waals surface area contributed by atoms with E-state index in [-0.39, 0.29) is 11.9 Å². The number of halogens is 1. The molecular formula is C11H17FN2. The van der Waals surface area contributed by atoms with Crippen molar-refractivity contribution in [1.82, 2.24) is 4.90 Å². The Morgan fingerprint density at radius 2 is 2.07 bits per heavy atom. The third-order valence-corrected chi connectivity index (χ3v) is 2.19. The van der Waals surface area contributed by atoms with Crippen molar-refractivity contribution >= 4 is 0 Å². The molecule has 1 atom stereocenters. The maximum atomic E-state index is 13.2. The van der Waals surface area contributed by atoms with Crippen molar-refractivity contribution in [3.8, 4) is 0 Å². The number of rotatable bonds is 3. The van der Waals surface area contributed by atoms with Gasteiger partial charge < -0.3 is 10.6 Å². The van der Waals surface area contributed by atoms with Crippen molar-refractivity contribution in [2.45, 2.75) is 13.0 Å². The lowest BCUT2D eigenvalue weighted by atomic mass is 10.1. The SMILES string of the molecule is Cc1ccc(C(N)CN(C)C)cc1F. The van der Waals surface area contributed by atoms with Gasteiger partial charge in [-0.1, -0.05) is 12.1 Å². The van der Waals surface area contributed by atoms with Crippen LogP contribution in [0, 0.1) is 12.7 Å². The van der Waals surface area contributed by atoms with Crippen LogP contribution < -0.4 is 5.73 Å². The van der Waals surface area contributed by atoms with Crippen LogP contribution >= 0.6 is 0 Å². The molecule has 0 spiro atoms. The Morgan fingerprint density at radius 1 is 1.43 bits per heavy atom. The Labute approximate surface area is 84.5 Å². The van der Waals surface area contributed by atoms with Gasteiger partial charge in [0.15, 0.2) is 0 Å². The lowest BCUT2D eigenvalue weighted by Gasteiger charge is -2.17. The first-order valence-electron chi connectivity index (χ1n) is 4.67. The molecule has 0 aliphatic heterocycles. The molecule has 0 bridgehead atoms. The van der Waals surface area contributed by atoms with Gasteiger partial charge in [-0.15, -0.1) is 0 Å². The van der Waals surface area contributed by atoms with Gasteiger partial charge in [0.1, 0.15) is 5.82 Å². The maximum absolute atomic E-state index is 13.2. The molecule has 2 nitrogen and oxygen atoms in total. The van der Waals surface area contributed by atoms with Gasteiger partial charge in [0.05, 0.1) is 0 Å². The van der Waals surface area contributed by atoms with Gasteiger partial charge >= 0.3 is 0 Å². The first-order chi connectivity index (χ1) is 6.50. The summed E-state index contributed by atoms with van der Waals surface area (Å²) >= 11 is 0. The fraction of sp³-hybridized carbons (Fsp3) is 0.455. The van der Waals surface area contributed by atoms with E-state index < -0.39 is 0 Å². The van der Waals surface area contributed by atoms with Crippen LogP contribution in [0.5, 0.6) is 0 Å². The highest BCUT2D eigenvalue weighted by atomic mass is 19.1. The van der Waals surface area contributed by atoms with Crippen LogP contribution in [-0.4, -0.2) is 25.5 Å². The van der Waals surface area contributed by atoms with Crippen LogP contribution in [0.4, 0.5) is 4.39 Å². The van der Waals surface area contributed by atoms with Crippen molar-refractivity contribution in [1.29, 1.82) is 0 Å². The van der Waals surface area contributed by atoms with E-state index >= 15 is 0 Å². The Bertz CT molecular complexity index is 310. The van der Waals surface area contributed by atoms with E-state index in [1.165, 1.54) is 6.07 Å². The number of nitrogens with zero attached hydrogens (tertiary/aromatic N) is 1. The molecule has 0 saturated carbocycles. The molecule has 0 aliphatic carbocycles. The van der Waals surface area contributed by atoms with E-state index in [0.29, 0.717) is 5.56 Å². The number of hydrogen-bond acceptors (Lipinski definition) is 2. The number of nitrogens with two attached hydrogens (primary N) is 1. The molecular weight excluding hydrogens is 179 g/mol. The lowest BCUT2D eigenvalue weighted by Crippen LogP contribution is -2.26. The van der Waals surface area contributed by atoms with Crippen LogP contribution in [0.15, 0.2) is 18.2 Å². The molecule has 0 aliphatic rings. The van der Waals surface area contributed by atoms with E-state index in [2.05, 4.69) is 0 Å². The second-order valence-electron chi connectivity index (χ2n) is 3.88. The Hall–Kier alpha value is -0.930. The summed E-state index contributed by atoms with van der Waals surface area (Å²) in [5.74, 6) is -0.184. The summed E-state index contributed by atoms with van der Waals surface area (Å²) in [5, 5.41) is 0. The molecule has 0 saturated heterocycles. The van der Waals surface area contributed by atoms with Gasteiger partial charge in [0.25, 0.3) is 0 Å². The summed E-state index contributed by atoms with van der Waals surface area (Å²) in [7, 11) is 3.90. The van der Waals surface area contributed by atoms with Crippen molar-refractivity contribution in [2.24, 2.45) is 5.73 Å². The quantitative estimate of drug-likeness (QED) is 0.797. The van der Waals surface area contributed by atoms with Crippen LogP contribution in [-0.2, 0) is 0 Å². The number of benzene rings is 1. The smallest absolute Gasteiger partial charge is 0.126 e. The fourth-order valence-electron chi connectivity index (χ4n) is 1.34. The average Bonchev–Trinajstić information content (AvgIpc) is 2.08. The zero-order valence-electron chi connectivity index (χ0n) is 8.92. The predicted molar refractivity (Wildman–Crippen MR) is 56.6 cm³/mol. The Kier molecular flexibility index (Phi) is 3.61. The molecule has 1 rings (SSSR count). The van der Waals surface area contributed by atoms with Crippen molar-refractivity contribution in [3.63, 3.8) is 0 Å². The largest absolute Gasteiger partial charge is 0.323 e. The highest BCUT2D eigenvalue weighted by Gasteiger charge is 2.08. The average molecular weight is 196 g/mol. The summed E-state index contributed by atoms with van der Waals surface area (Å²) in [6.45, 7) is 2.47. The van der Waals surface area contributed by atoms with E-state index in [1.807, 2.05) is 25.1 Å². The highest BCUT2D eigenvalue weighted by Crippen LogP contribution is 2.15. The molecule has 2 N–H and O–H groups in total. The Morgan fingerprint density at radius 3 is 2.57 bits per heavy atom. The van der Waals surface area contributed by atoms with E-state index in [4.69, 9.17) is 5.73 Å². The molecule has 0 amide bonds. The molecule has 78 valence electrons. The monoisotopic (exact) mass is 196 g/mol. The van der Waals surface area contributed by atoms with Crippen molar-refractivity contribution in [3.05, 3.63) is 35.1 Å². The minimum atomic E-state index is -0.184. The summed E-state index contributed by atoms with van der Waals surface area (Å²) in [6, 6.07) is 5.04. The molecule has 3 heteroatoms. The number of likely N-dealkylation sites (N-methyl/N-ethyl adjacent to an activating group) is 1. The number of hydrogen-bond donors (Lipinski definition) is 1. The van der Waals surface area contributed by atoms with E-state index in [0.717, 1.165) is 12.1 Å². The zero-order valence-corrected chi connectivity index (χ0v) is 8.92. The molecule has 0 radical (unpaired) electrons. The second kappa shape index (κ2) is 4.53. The van der Waals surface area contributed by atoms with Crippen molar-refractivity contribution in [2.75, 3.05) is 20.6 Å². The maximum Gasteiger partial charge on any atom is 0.126 e. The molecule has 0 heterocycles. The van der Waals surface area contributed by atoms with Crippen LogP contribution in [0.2, 0.25) is 0 Å². The summed E-state index contributed by atoms with van der Waals surface area (Å²) in [6.07, 6.45) is 0. The van der Waals surface area contributed by atoms with Gasteiger partial charge in [-0.3, -0.25) is 0 Å². The normalized spacial score (nSPS) is 13.3. The molecule has 0 fully saturated rings. The second-order valence-corrected chi connectivity index (χ2v) is 3.88. The van der Waals surface area contributed by atoms with Gasteiger partial charge in [-0.2, -0.15) is 0 Å². The standard InChI is InChI=1S/C11H17FN2/c1-8-4-5-9(6-10(8)12)11(13)7-14(2)3/h4-6,11H,7,13H2,1-3H3. The minimum absolute atomic E-state index is 0.125. The third kappa shape index (κ3) is 2.79. The minimum Gasteiger partial charge on any atom is -0.323 e. The summed E-state index contributed by atoms with van der Waals surface area (Å²) in [5.41, 5.74) is 7.41. The van der Waals surface area contributed by atoms with Crippen molar-refractivity contribution < 1.29 is 4.39 Å². The summed E-state index contributed by atoms with van der Waals surface area (Å²) < 4.78 is 13.2. The van der Waals surface area contributed by atoms with Gasteiger partial charge in [-0.25, -0.2) is 4.39 Å².